The molecule has 3 atom stereocenters. The lowest BCUT2D eigenvalue weighted by atomic mass is 9.86. The Labute approximate surface area is 770 Å². The monoisotopic (exact) mass is 1910 g/mol. The summed E-state index contributed by atoms with van der Waals surface area (Å²) in [6.07, 6.45) is -20.0. The standard InChI is InChI=1S/C35H36F3N3O8.C30H32ClF3N2O7.C28H32F3N3O6.ClH/c1-33(2,41-32(45)49-21-22-7-5-4-6-8-22)25-19-26(23-12-14-39-31(18-23)47-3)40-30(20-25)34(46,35(36,37)38)13-11-27(43)24-9-10-29(28(44)17-24)48-16-15-42;1-28(2,36-27(39)43-18-19-7-5-4-6-8-19)21-16-25(35-26(31)17-21)29(40,30(32,33)34)12-11-22(38)20-9-10-23(42-14-13-37)24(15-20)41-3;1-26(2,32)19-15-20(17-8-10-33-25(14-17)39-4)34-24(16-19)27(37,28(29,30)31)9-7-21(36)18-5-6-22(40-12-11-35)23(13-18)38-3;/h4-10,12,14,17-20,42,44,46H,11,13,15-16,21H2,1-3H3,(H,41,45);4-10,15-17,37,40H,11-14,18H2,1-3H3,(H,36,39);5-6,8,10,13-16,35,37H,7,9,11-12,32H2,1-4H3;1H. The van der Waals surface area contributed by atoms with Crippen LogP contribution in [0.1, 0.15) is 156 Å². The first-order valence-corrected chi connectivity index (χ1v) is 40.9. The zero-order valence-electron chi connectivity index (χ0n) is 73.6. The Balaban J connectivity index is 0.000000273. The number of hydrogen-bond donors (Lipinski definition) is 10. The number of aromatic hydroxyl groups is 1. The smallest absolute Gasteiger partial charge is 0.422 e. The van der Waals surface area contributed by atoms with Crippen LogP contribution in [0, 0.1) is 0 Å². The lowest BCUT2D eigenvalue weighted by Gasteiger charge is -2.33. The molecule has 0 saturated carbocycles. The van der Waals surface area contributed by atoms with Crippen LogP contribution < -0.4 is 49.5 Å². The molecular formula is C93H101Cl2F9N8O21. The number of alkyl halides is 9. The molecule has 0 aliphatic rings. The highest BCUT2D eigenvalue weighted by Crippen LogP contribution is 2.48. The third-order valence-corrected chi connectivity index (χ3v) is 20.7. The van der Waals surface area contributed by atoms with Crippen LogP contribution >= 0.6 is 24.0 Å². The maximum absolute atomic E-state index is 14.8. The van der Waals surface area contributed by atoms with Crippen molar-refractivity contribution in [2.45, 2.75) is 145 Å². The van der Waals surface area contributed by atoms with Gasteiger partial charge in [-0.25, -0.2) is 34.5 Å². The number of benzene rings is 5. The third kappa shape index (κ3) is 28.7. The largest absolute Gasteiger partial charge is 0.504 e. The zero-order chi connectivity index (χ0) is 97.4. The molecule has 29 nitrogen and oxygen atoms in total. The number of hydrogen-bond acceptors (Lipinski definition) is 27. The van der Waals surface area contributed by atoms with Gasteiger partial charge in [0.15, 0.2) is 51.8 Å². The van der Waals surface area contributed by atoms with Crippen LogP contribution in [0.5, 0.6) is 46.3 Å². The number of ketones is 3. The van der Waals surface area contributed by atoms with E-state index in [9.17, 15) is 83.9 Å². The van der Waals surface area contributed by atoms with Crippen LogP contribution in [0.25, 0.3) is 22.5 Å². The molecule has 0 saturated heterocycles. The number of methoxy groups -OCH3 is 4. The average molecular weight is 1910 g/mol. The van der Waals surface area contributed by atoms with E-state index in [-0.39, 0.29) is 150 Å². The van der Waals surface area contributed by atoms with E-state index in [1.165, 1.54) is 140 Å². The maximum Gasteiger partial charge on any atom is 0.422 e. The Morgan fingerprint density at radius 2 is 0.752 bits per heavy atom. The second-order valence-electron chi connectivity index (χ2n) is 31.3. The number of nitrogens with one attached hydrogen (secondary N) is 2. The van der Waals surface area contributed by atoms with E-state index >= 15 is 0 Å². The highest BCUT2D eigenvalue weighted by Gasteiger charge is 2.59. The number of alkyl carbamates (subject to hydrolysis) is 2. The normalized spacial score (nSPS) is 13.0. The number of carbonyl (C=O) groups excluding carboxylic acids is 5. The minimum Gasteiger partial charge on any atom is -0.504 e. The Bertz CT molecular complexity index is 5610. The number of nitrogens with two attached hydrogens (primary N) is 1. The second kappa shape index (κ2) is 46.7. The molecule has 0 radical (unpaired) electrons. The first kappa shape index (κ1) is 108. The highest BCUT2D eigenvalue weighted by molar-refractivity contribution is 6.29. The van der Waals surface area contributed by atoms with Gasteiger partial charge in [0, 0.05) is 77.1 Å². The molecule has 11 N–H and O–H groups in total. The van der Waals surface area contributed by atoms with Gasteiger partial charge >= 0.3 is 30.7 Å². The fourth-order valence-electron chi connectivity index (χ4n) is 12.9. The number of aliphatic hydroxyl groups is 6. The summed E-state index contributed by atoms with van der Waals surface area (Å²) >= 11 is 6.09. The van der Waals surface area contributed by atoms with Crippen molar-refractivity contribution in [2.24, 2.45) is 5.73 Å². The summed E-state index contributed by atoms with van der Waals surface area (Å²) in [5.74, 6) is -1.48. The number of carbonyl (C=O) groups is 5. The summed E-state index contributed by atoms with van der Waals surface area (Å²) in [4.78, 5) is 84.3. The molecule has 10 rings (SSSR count). The van der Waals surface area contributed by atoms with Gasteiger partial charge in [-0.1, -0.05) is 72.3 Å². The summed E-state index contributed by atoms with van der Waals surface area (Å²) in [6.45, 7) is 8.27. The Morgan fingerprint density at radius 1 is 0.414 bits per heavy atom. The van der Waals surface area contributed by atoms with Gasteiger partial charge in [0.05, 0.1) is 87.8 Å². The predicted molar refractivity (Wildman–Crippen MR) is 470 cm³/mol. The molecule has 133 heavy (non-hydrogen) atoms. The van der Waals surface area contributed by atoms with Gasteiger partial charge in [-0.15, -0.1) is 12.4 Å². The third-order valence-electron chi connectivity index (χ3n) is 20.5. The van der Waals surface area contributed by atoms with Gasteiger partial charge in [0.2, 0.25) is 28.6 Å². The second-order valence-corrected chi connectivity index (χ2v) is 31.7. The summed E-state index contributed by atoms with van der Waals surface area (Å²) in [7, 11) is 5.42. The Morgan fingerprint density at radius 3 is 1.10 bits per heavy atom. The lowest BCUT2D eigenvalue weighted by molar-refractivity contribution is -0.270. The van der Waals surface area contributed by atoms with E-state index in [1.807, 2.05) is 0 Å². The molecule has 5 aromatic carbocycles. The van der Waals surface area contributed by atoms with E-state index in [4.69, 9.17) is 75.3 Å². The van der Waals surface area contributed by atoms with Crippen LogP contribution in [-0.4, -0.2) is 177 Å². The van der Waals surface area contributed by atoms with Crippen molar-refractivity contribution in [3.05, 3.63) is 255 Å². The van der Waals surface area contributed by atoms with Crippen LogP contribution in [0.3, 0.4) is 0 Å². The van der Waals surface area contributed by atoms with E-state index in [1.54, 1.807) is 94.4 Å². The quantitative estimate of drug-likeness (QED) is 0.00971. The maximum atomic E-state index is 14.8. The number of halogens is 11. The van der Waals surface area contributed by atoms with Gasteiger partial charge in [-0.3, -0.25) is 14.4 Å². The molecule has 40 heteroatoms. The molecule has 0 aliphatic carbocycles. The number of amides is 2. The summed E-state index contributed by atoms with van der Waals surface area (Å²) in [5, 5.41) is 75.4. The first-order valence-electron chi connectivity index (χ1n) is 40.5. The molecule has 0 fully saturated rings. The fraction of sp³-hybridized carbons (Fsp3) is 0.355. The number of rotatable bonds is 39. The highest BCUT2D eigenvalue weighted by atomic mass is 35.5. The van der Waals surface area contributed by atoms with Crippen molar-refractivity contribution in [2.75, 3.05) is 68.1 Å². The molecular weight excluding hydrogens is 1810 g/mol. The van der Waals surface area contributed by atoms with Crippen molar-refractivity contribution < 1.29 is 142 Å². The van der Waals surface area contributed by atoms with Crippen LogP contribution in [0.2, 0.25) is 5.15 Å². The van der Waals surface area contributed by atoms with Crippen LogP contribution in [0.15, 0.2) is 188 Å². The summed E-state index contributed by atoms with van der Waals surface area (Å²) in [6, 6.07) is 42.8. The molecule has 3 unspecified atom stereocenters. The minimum absolute atomic E-state index is 0. The van der Waals surface area contributed by atoms with Crippen molar-refractivity contribution in [1.82, 2.24) is 35.6 Å². The van der Waals surface area contributed by atoms with Crippen molar-refractivity contribution >= 4 is 53.5 Å². The average Bonchev–Trinajstić information content (AvgIpc) is 0.767. The number of phenols is 1. The number of Topliss-reactive ketones (excluding diaryl/α,β-unsaturated/α-hetero) is 3. The Kier molecular flexibility index (Phi) is 37.8. The predicted octanol–water partition coefficient (Wildman–Crippen LogP) is 16.1. The summed E-state index contributed by atoms with van der Waals surface area (Å²) in [5.41, 5.74) is -7.72. The SMILES string of the molecule is COc1cc(-c2cc(C(C)(C)N)cc(C(O)(CCC(=O)c3ccc(OCCO)c(OC)c3)C(F)(F)F)n2)ccn1.COc1cc(-c2cc(C(C)(C)NC(=O)OCc3ccccc3)cc(C(O)(CCC(=O)c3ccc(OCCO)c(O)c3)C(F)(F)F)n2)ccn1.COc1cc(C(=O)CCC(O)(c2cc(C(C)(C)NC(=O)OCc3ccccc3)cc(Cl)n2)C(F)(F)F)ccc1OCCO.Cl. The van der Waals surface area contributed by atoms with Gasteiger partial charge in [-0.2, -0.15) is 39.5 Å². The summed E-state index contributed by atoms with van der Waals surface area (Å²) < 4.78 is 178. The molecule has 10 aromatic rings. The van der Waals surface area contributed by atoms with Crippen molar-refractivity contribution in [3.8, 4) is 68.8 Å². The van der Waals surface area contributed by atoms with Gasteiger partial charge in [0.25, 0.3) is 0 Å². The zero-order valence-corrected chi connectivity index (χ0v) is 75.2. The van der Waals surface area contributed by atoms with Crippen molar-refractivity contribution in [1.29, 1.82) is 0 Å². The molecule has 2 amide bonds. The fourth-order valence-corrected chi connectivity index (χ4v) is 13.1. The molecule has 716 valence electrons. The molecule has 0 spiro atoms. The van der Waals surface area contributed by atoms with Crippen molar-refractivity contribution in [3.63, 3.8) is 0 Å². The molecule has 0 aliphatic heterocycles. The van der Waals surface area contributed by atoms with Crippen LogP contribution in [-0.2, 0) is 56.1 Å². The van der Waals surface area contributed by atoms with E-state index in [2.05, 4.69) is 35.6 Å². The molecule has 5 heterocycles. The van der Waals surface area contributed by atoms with Gasteiger partial charge in [-0.05, 0) is 192 Å². The van der Waals surface area contributed by atoms with E-state index < -0.39 is 143 Å². The number of ether oxygens (including phenoxy) is 9. The topological polar surface area (TPSA) is 425 Å². The number of pyridine rings is 5. The number of aliphatic hydroxyl groups excluding tert-OH is 3. The molecule has 5 aromatic heterocycles. The number of nitrogens with zero attached hydrogens (tertiary/aromatic N) is 5. The number of aromatic nitrogens is 5. The van der Waals surface area contributed by atoms with Gasteiger partial charge < -0.3 is 94.7 Å². The minimum atomic E-state index is -5.30. The Hall–Kier alpha value is -12.5. The number of phenolic OH excluding ortho intramolecular Hbond substituents is 1. The first-order chi connectivity index (χ1) is 62.1. The van der Waals surface area contributed by atoms with E-state index in [0.29, 0.717) is 16.7 Å². The lowest BCUT2D eigenvalue weighted by Crippen LogP contribution is -2.45. The van der Waals surface area contributed by atoms with E-state index in [0.717, 1.165) is 35.4 Å². The van der Waals surface area contributed by atoms with Crippen LogP contribution in [0.4, 0.5) is 49.1 Å². The molecule has 0 bridgehead atoms. The van der Waals surface area contributed by atoms with Gasteiger partial charge in [0.1, 0.15) is 38.2 Å².